The van der Waals surface area contributed by atoms with E-state index in [2.05, 4.69) is 30.0 Å². The van der Waals surface area contributed by atoms with Gasteiger partial charge in [0.25, 0.3) is 0 Å². The molecule has 32 heavy (non-hydrogen) atoms. The molecule has 1 fully saturated rings. The predicted octanol–water partition coefficient (Wildman–Crippen LogP) is 4.45. The van der Waals surface area contributed by atoms with E-state index in [4.69, 9.17) is 9.15 Å². The Labute approximate surface area is 191 Å². The molecule has 3 rings (SSSR count). The highest BCUT2D eigenvalue weighted by Crippen LogP contribution is 2.15. The maximum atomic E-state index is 12.5. The number of benzene rings is 1. The fourth-order valence-corrected chi connectivity index (χ4v) is 4.18. The Balaban J connectivity index is 1.45. The Morgan fingerprint density at radius 1 is 1.00 bits per heavy atom. The Bertz CT molecular complexity index is 925. The molecule has 1 aliphatic heterocycles. The lowest BCUT2D eigenvalue weighted by atomic mass is 10.1. The van der Waals surface area contributed by atoms with Crippen LogP contribution in [0, 0.1) is 13.8 Å². The molecule has 2 aromatic rings. The number of carbonyl (C=O) groups excluding carboxylic acids is 1. The molecule has 1 saturated heterocycles. The average Bonchev–Trinajstić information content (AvgIpc) is 2.76. The van der Waals surface area contributed by atoms with E-state index in [-0.39, 0.29) is 17.1 Å². The van der Waals surface area contributed by atoms with Crippen molar-refractivity contribution in [2.24, 2.45) is 0 Å². The van der Waals surface area contributed by atoms with Crippen molar-refractivity contribution in [3.05, 3.63) is 63.2 Å². The Hall–Kier alpha value is -2.60. The summed E-state index contributed by atoms with van der Waals surface area (Å²) in [4.78, 5) is 29.0. The average molecular weight is 441 g/mol. The first-order valence-corrected chi connectivity index (χ1v) is 11.8. The lowest BCUT2D eigenvalue weighted by Crippen LogP contribution is -2.48. The quantitative estimate of drug-likeness (QED) is 0.511. The van der Waals surface area contributed by atoms with Crippen LogP contribution in [0.25, 0.3) is 0 Å². The van der Waals surface area contributed by atoms with Crippen molar-refractivity contribution < 1.29 is 13.9 Å². The molecule has 174 valence electrons. The third-order valence-electron chi connectivity index (χ3n) is 5.88. The maximum absolute atomic E-state index is 12.5. The van der Waals surface area contributed by atoms with E-state index in [1.807, 2.05) is 18.7 Å². The fourth-order valence-electron chi connectivity index (χ4n) is 4.18. The van der Waals surface area contributed by atoms with Crippen LogP contribution >= 0.6 is 0 Å². The summed E-state index contributed by atoms with van der Waals surface area (Å²) < 4.78 is 11.4. The van der Waals surface area contributed by atoms with Gasteiger partial charge >= 0.3 is 0 Å². The zero-order valence-electron chi connectivity index (χ0n) is 19.7. The topological polar surface area (TPSA) is 63.0 Å². The Kier molecular flexibility index (Phi) is 8.91. The summed E-state index contributed by atoms with van der Waals surface area (Å²) in [7, 11) is 0. The number of hydrogen-bond acceptors (Lipinski definition) is 5. The van der Waals surface area contributed by atoms with Crippen LogP contribution in [0.4, 0.5) is 0 Å². The van der Waals surface area contributed by atoms with Gasteiger partial charge in [-0.3, -0.25) is 14.5 Å². The molecule has 0 aliphatic carbocycles. The van der Waals surface area contributed by atoms with Crippen molar-refractivity contribution in [2.45, 2.75) is 66.0 Å². The summed E-state index contributed by atoms with van der Waals surface area (Å²) in [6.45, 7) is 10.2. The molecule has 2 heterocycles. The maximum Gasteiger partial charge on any atom is 0.227 e. The number of nitrogens with zero attached hydrogens (tertiary/aromatic N) is 2. The molecule has 0 saturated carbocycles. The van der Waals surface area contributed by atoms with Crippen LogP contribution in [-0.4, -0.2) is 41.9 Å². The first kappa shape index (κ1) is 24.1. The second-order valence-electron chi connectivity index (χ2n) is 8.83. The standard InChI is InChI=1S/C26H36N2O4/c1-4-5-6-7-8-26(30)28-11-9-27(10-12-28)17-23-16-24(29)25(19-31-23)32-18-22-14-20(2)13-21(3)15-22/h13-16,19H,4-12,17-18H2,1-3H3. The number of hydrogen-bond donors (Lipinski definition) is 0. The minimum atomic E-state index is -0.170. The molecule has 1 aliphatic rings. The van der Waals surface area contributed by atoms with Gasteiger partial charge in [0.05, 0.1) is 6.54 Å². The van der Waals surface area contributed by atoms with E-state index in [1.165, 1.54) is 36.3 Å². The molecule has 0 spiro atoms. The second kappa shape index (κ2) is 11.9. The van der Waals surface area contributed by atoms with E-state index >= 15 is 0 Å². The normalized spacial score (nSPS) is 14.5. The fraction of sp³-hybridized carbons (Fsp3) is 0.538. The lowest BCUT2D eigenvalue weighted by Gasteiger charge is -2.34. The number of amides is 1. The summed E-state index contributed by atoms with van der Waals surface area (Å²) in [5, 5.41) is 0. The van der Waals surface area contributed by atoms with Crippen molar-refractivity contribution in [1.82, 2.24) is 9.80 Å². The van der Waals surface area contributed by atoms with Crippen LogP contribution in [0.2, 0.25) is 0 Å². The molecule has 0 N–H and O–H groups in total. The largest absolute Gasteiger partial charge is 0.482 e. The number of unbranched alkanes of at least 4 members (excludes halogenated alkanes) is 3. The SMILES string of the molecule is CCCCCCC(=O)N1CCN(Cc2cc(=O)c(OCc3cc(C)cc(C)c3)co2)CC1. The minimum Gasteiger partial charge on any atom is -0.482 e. The van der Waals surface area contributed by atoms with Gasteiger partial charge in [-0.2, -0.15) is 0 Å². The predicted molar refractivity (Wildman–Crippen MR) is 126 cm³/mol. The molecule has 0 radical (unpaired) electrons. The van der Waals surface area contributed by atoms with Crippen molar-refractivity contribution in [3.8, 4) is 5.75 Å². The van der Waals surface area contributed by atoms with Gasteiger partial charge in [-0.05, 0) is 25.8 Å². The van der Waals surface area contributed by atoms with Crippen LogP contribution in [0.1, 0.15) is 61.5 Å². The summed E-state index contributed by atoms with van der Waals surface area (Å²) in [6.07, 6.45) is 6.56. The molecule has 6 nitrogen and oxygen atoms in total. The summed E-state index contributed by atoms with van der Waals surface area (Å²) in [5.41, 5.74) is 3.20. The van der Waals surface area contributed by atoms with E-state index in [9.17, 15) is 9.59 Å². The zero-order valence-corrected chi connectivity index (χ0v) is 19.7. The highest BCUT2D eigenvalue weighted by molar-refractivity contribution is 5.76. The van der Waals surface area contributed by atoms with Gasteiger partial charge < -0.3 is 14.1 Å². The molecule has 0 bridgehead atoms. The van der Waals surface area contributed by atoms with Gasteiger partial charge in [0.15, 0.2) is 0 Å². The molecule has 1 amide bonds. The molecular formula is C26H36N2O4. The highest BCUT2D eigenvalue weighted by Gasteiger charge is 2.21. The van der Waals surface area contributed by atoms with Crippen LogP contribution < -0.4 is 10.2 Å². The van der Waals surface area contributed by atoms with E-state index < -0.39 is 0 Å². The van der Waals surface area contributed by atoms with Crippen molar-refractivity contribution >= 4 is 5.91 Å². The van der Waals surface area contributed by atoms with Crippen molar-refractivity contribution in [1.29, 1.82) is 0 Å². The lowest BCUT2D eigenvalue weighted by molar-refractivity contribution is -0.133. The zero-order chi connectivity index (χ0) is 22.9. The molecule has 0 atom stereocenters. The monoisotopic (exact) mass is 440 g/mol. The van der Waals surface area contributed by atoms with Gasteiger partial charge in [-0.1, -0.05) is 55.5 Å². The third-order valence-corrected chi connectivity index (χ3v) is 5.88. The van der Waals surface area contributed by atoms with E-state index in [1.54, 1.807) is 0 Å². The molecule has 1 aromatic carbocycles. The van der Waals surface area contributed by atoms with Crippen LogP contribution in [-0.2, 0) is 17.9 Å². The number of carbonyl (C=O) groups is 1. The summed E-state index contributed by atoms with van der Waals surface area (Å²) in [6, 6.07) is 7.73. The first-order chi connectivity index (χ1) is 15.4. The molecule has 0 unspecified atom stereocenters. The molecule has 6 heteroatoms. The van der Waals surface area contributed by atoms with Crippen LogP contribution in [0.15, 0.2) is 39.7 Å². The van der Waals surface area contributed by atoms with Gasteiger partial charge in [0, 0.05) is 38.7 Å². The van der Waals surface area contributed by atoms with Gasteiger partial charge in [-0.15, -0.1) is 0 Å². The van der Waals surface area contributed by atoms with E-state index in [0.717, 1.165) is 44.6 Å². The van der Waals surface area contributed by atoms with Gasteiger partial charge in [0.1, 0.15) is 18.6 Å². The number of piperazine rings is 1. The van der Waals surface area contributed by atoms with Crippen molar-refractivity contribution in [3.63, 3.8) is 0 Å². The second-order valence-corrected chi connectivity index (χ2v) is 8.83. The first-order valence-electron chi connectivity index (χ1n) is 11.8. The summed E-state index contributed by atoms with van der Waals surface area (Å²) >= 11 is 0. The summed E-state index contributed by atoms with van der Waals surface area (Å²) in [5.74, 6) is 1.11. The van der Waals surface area contributed by atoms with Crippen molar-refractivity contribution in [2.75, 3.05) is 26.2 Å². The van der Waals surface area contributed by atoms with Gasteiger partial charge in [-0.25, -0.2) is 0 Å². The van der Waals surface area contributed by atoms with E-state index in [0.29, 0.717) is 25.3 Å². The Morgan fingerprint density at radius 2 is 1.72 bits per heavy atom. The molecular weight excluding hydrogens is 404 g/mol. The Morgan fingerprint density at radius 3 is 2.38 bits per heavy atom. The van der Waals surface area contributed by atoms with Gasteiger partial charge in [0.2, 0.25) is 17.1 Å². The molecule has 1 aromatic heterocycles. The number of ether oxygens (including phenoxy) is 1. The smallest absolute Gasteiger partial charge is 0.227 e. The minimum absolute atomic E-state index is 0.170. The van der Waals surface area contributed by atoms with Crippen LogP contribution in [0.3, 0.4) is 0 Å². The third kappa shape index (κ3) is 7.23. The van der Waals surface area contributed by atoms with Crippen LogP contribution in [0.5, 0.6) is 5.75 Å². The number of aryl methyl sites for hydroxylation is 2. The number of rotatable bonds is 10. The highest BCUT2D eigenvalue weighted by atomic mass is 16.5.